The molecule has 0 aromatic heterocycles. The Bertz CT molecular complexity index is 157. The maximum atomic E-state index is 10.9. The fraction of sp³-hybridized carbons (Fsp3) is 0.750. The number of hydrogen-bond donors (Lipinski definition) is 2. The molecule has 70 valence electrons. The van der Waals surface area contributed by atoms with Crippen molar-refractivity contribution in [1.29, 1.82) is 0 Å². The third-order valence-corrected chi connectivity index (χ3v) is 1.55. The van der Waals surface area contributed by atoms with E-state index in [0.29, 0.717) is 32.2 Å². The van der Waals surface area contributed by atoms with Crippen LogP contribution in [-0.2, 0) is 9.59 Å². The Kier molecular flexibility index (Phi) is 6.28. The van der Waals surface area contributed by atoms with E-state index < -0.39 is 0 Å². The summed E-state index contributed by atoms with van der Waals surface area (Å²) in [6.45, 7) is 0.411. The van der Waals surface area contributed by atoms with Crippen LogP contribution >= 0.6 is 0 Å². The van der Waals surface area contributed by atoms with E-state index in [1.807, 2.05) is 0 Å². The van der Waals surface area contributed by atoms with Crippen molar-refractivity contribution in [3.8, 4) is 0 Å². The lowest BCUT2D eigenvalue weighted by Crippen LogP contribution is -2.10. The second-order valence-corrected chi connectivity index (χ2v) is 2.75. The lowest BCUT2D eigenvalue weighted by atomic mass is 10.1. The SMILES string of the molecule is NCCC(=O)CCCCC(N)=O. The maximum Gasteiger partial charge on any atom is 0.217 e. The number of primary amides is 1. The van der Waals surface area contributed by atoms with E-state index in [1.54, 1.807) is 0 Å². The molecule has 0 heterocycles. The Hall–Kier alpha value is -0.900. The molecule has 4 N–H and O–H groups in total. The Morgan fingerprint density at radius 1 is 1.00 bits per heavy atom. The maximum absolute atomic E-state index is 10.9. The standard InChI is InChI=1S/C8H16N2O2/c9-6-5-7(11)3-1-2-4-8(10)12/h1-6,9H2,(H2,10,12). The van der Waals surface area contributed by atoms with Gasteiger partial charge in [-0.1, -0.05) is 0 Å². The predicted molar refractivity (Wildman–Crippen MR) is 46.3 cm³/mol. The summed E-state index contributed by atoms with van der Waals surface area (Å²) in [6, 6.07) is 0. The third kappa shape index (κ3) is 7.21. The number of Topliss-reactive ketones (excluding diaryl/α,β-unsaturated/α-hetero) is 1. The molecule has 0 saturated carbocycles. The predicted octanol–water partition coefficient (Wildman–Crippen LogP) is -0.0500. The van der Waals surface area contributed by atoms with E-state index in [4.69, 9.17) is 11.5 Å². The lowest BCUT2D eigenvalue weighted by molar-refractivity contribution is -0.120. The second kappa shape index (κ2) is 6.79. The van der Waals surface area contributed by atoms with Crippen LogP contribution in [0.25, 0.3) is 0 Å². The highest BCUT2D eigenvalue weighted by Gasteiger charge is 2.00. The second-order valence-electron chi connectivity index (χ2n) is 2.75. The first kappa shape index (κ1) is 11.1. The lowest BCUT2D eigenvalue weighted by Gasteiger charge is -1.97. The highest BCUT2D eigenvalue weighted by atomic mass is 16.1. The number of carbonyl (C=O) groups excluding carboxylic acids is 2. The zero-order valence-corrected chi connectivity index (χ0v) is 7.21. The molecule has 0 unspecified atom stereocenters. The Morgan fingerprint density at radius 3 is 2.08 bits per heavy atom. The normalized spacial score (nSPS) is 9.75. The van der Waals surface area contributed by atoms with Gasteiger partial charge in [-0.05, 0) is 19.4 Å². The number of ketones is 1. The third-order valence-electron chi connectivity index (χ3n) is 1.55. The molecule has 0 saturated heterocycles. The average Bonchev–Trinajstić information content (AvgIpc) is 1.98. The first-order chi connectivity index (χ1) is 5.66. The van der Waals surface area contributed by atoms with E-state index in [2.05, 4.69) is 0 Å². The molecule has 0 fully saturated rings. The fourth-order valence-electron chi connectivity index (χ4n) is 0.907. The Balaban J connectivity index is 3.19. The summed E-state index contributed by atoms with van der Waals surface area (Å²) in [7, 11) is 0. The minimum Gasteiger partial charge on any atom is -0.370 e. The fourth-order valence-corrected chi connectivity index (χ4v) is 0.907. The van der Waals surface area contributed by atoms with Crippen molar-refractivity contribution in [3.63, 3.8) is 0 Å². The average molecular weight is 172 g/mol. The van der Waals surface area contributed by atoms with Gasteiger partial charge in [0.25, 0.3) is 0 Å². The van der Waals surface area contributed by atoms with Crippen molar-refractivity contribution in [3.05, 3.63) is 0 Å². The van der Waals surface area contributed by atoms with Crippen LogP contribution < -0.4 is 11.5 Å². The van der Waals surface area contributed by atoms with Crippen LogP contribution in [0.15, 0.2) is 0 Å². The van der Waals surface area contributed by atoms with Gasteiger partial charge >= 0.3 is 0 Å². The van der Waals surface area contributed by atoms with Crippen LogP contribution in [0.1, 0.15) is 32.1 Å². The largest absolute Gasteiger partial charge is 0.370 e. The summed E-state index contributed by atoms with van der Waals surface area (Å²) < 4.78 is 0. The van der Waals surface area contributed by atoms with Crippen molar-refractivity contribution < 1.29 is 9.59 Å². The molecule has 0 radical (unpaired) electrons. The van der Waals surface area contributed by atoms with Gasteiger partial charge in [-0.25, -0.2) is 0 Å². The van der Waals surface area contributed by atoms with Crippen LogP contribution in [0.5, 0.6) is 0 Å². The summed E-state index contributed by atoms with van der Waals surface area (Å²) in [5.74, 6) is -0.136. The van der Waals surface area contributed by atoms with Gasteiger partial charge in [0, 0.05) is 19.3 Å². The number of amides is 1. The molecule has 0 aliphatic carbocycles. The molecule has 0 aromatic carbocycles. The van der Waals surface area contributed by atoms with Crippen LogP contribution in [0.3, 0.4) is 0 Å². The molecule has 12 heavy (non-hydrogen) atoms. The molecule has 0 atom stereocenters. The van der Waals surface area contributed by atoms with Gasteiger partial charge < -0.3 is 11.5 Å². The Labute approximate surface area is 72.3 Å². The number of unbranched alkanes of at least 4 members (excludes halogenated alkanes) is 1. The van der Waals surface area contributed by atoms with Crippen LogP contribution in [0.2, 0.25) is 0 Å². The van der Waals surface area contributed by atoms with Crippen LogP contribution in [0.4, 0.5) is 0 Å². The smallest absolute Gasteiger partial charge is 0.217 e. The van der Waals surface area contributed by atoms with Gasteiger partial charge in [0.2, 0.25) is 5.91 Å². The molecule has 0 aliphatic rings. The Morgan fingerprint density at radius 2 is 1.58 bits per heavy atom. The first-order valence-electron chi connectivity index (χ1n) is 4.17. The molecule has 4 nitrogen and oxygen atoms in total. The molecular formula is C8H16N2O2. The summed E-state index contributed by atoms with van der Waals surface area (Å²) in [5.41, 5.74) is 10.1. The summed E-state index contributed by atoms with van der Waals surface area (Å²) in [5, 5.41) is 0. The topological polar surface area (TPSA) is 86.2 Å². The van der Waals surface area contributed by atoms with E-state index >= 15 is 0 Å². The van der Waals surface area contributed by atoms with Gasteiger partial charge in [-0.2, -0.15) is 0 Å². The van der Waals surface area contributed by atoms with Crippen molar-refractivity contribution >= 4 is 11.7 Å². The molecule has 0 rings (SSSR count). The van der Waals surface area contributed by atoms with E-state index in [1.165, 1.54) is 0 Å². The van der Waals surface area contributed by atoms with Gasteiger partial charge in [0.05, 0.1) is 0 Å². The van der Waals surface area contributed by atoms with Crippen molar-refractivity contribution in [2.24, 2.45) is 11.5 Å². The van der Waals surface area contributed by atoms with Crippen molar-refractivity contribution in [2.75, 3.05) is 6.54 Å². The van der Waals surface area contributed by atoms with Crippen molar-refractivity contribution in [1.82, 2.24) is 0 Å². The number of carbonyl (C=O) groups is 2. The highest BCUT2D eigenvalue weighted by molar-refractivity contribution is 5.78. The number of nitrogens with two attached hydrogens (primary N) is 2. The van der Waals surface area contributed by atoms with Gasteiger partial charge in [-0.15, -0.1) is 0 Å². The van der Waals surface area contributed by atoms with Crippen molar-refractivity contribution in [2.45, 2.75) is 32.1 Å². The minimum atomic E-state index is -0.304. The number of hydrogen-bond acceptors (Lipinski definition) is 3. The number of rotatable bonds is 7. The summed E-state index contributed by atoms with van der Waals surface area (Å²) in [6.07, 6.45) is 2.77. The molecule has 0 aromatic rings. The molecule has 0 aliphatic heterocycles. The minimum absolute atomic E-state index is 0.168. The zero-order valence-electron chi connectivity index (χ0n) is 7.21. The molecule has 0 spiro atoms. The first-order valence-corrected chi connectivity index (χ1v) is 4.17. The molecular weight excluding hydrogens is 156 g/mol. The molecule has 4 heteroatoms. The zero-order chi connectivity index (χ0) is 9.40. The van der Waals surface area contributed by atoms with E-state index in [9.17, 15) is 9.59 Å². The quantitative estimate of drug-likeness (QED) is 0.528. The summed E-state index contributed by atoms with van der Waals surface area (Å²) in [4.78, 5) is 21.2. The van der Waals surface area contributed by atoms with E-state index in [-0.39, 0.29) is 11.7 Å². The molecule has 0 bridgehead atoms. The van der Waals surface area contributed by atoms with Gasteiger partial charge in [-0.3, -0.25) is 9.59 Å². The van der Waals surface area contributed by atoms with E-state index in [0.717, 1.165) is 6.42 Å². The highest BCUT2D eigenvalue weighted by Crippen LogP contribution is 2.01. The van der Waals surface area contributed by atoms with Crippen LogP contribution in [0, 0.1) is 0 Å². The van der Waals surface area contributed by atoms with Gasteiger partial charge in [0.1, 0.15) is 5.78 Å². The van der Waals surface area contributed by atoms with Crippen LogP contribution in [-0.4, -0.2) is 18.2 Å². The monoisotopic (exact) mass is 172 g/mol. The molecule has 1 amide bonds. The van der Waals surface area contributed by atoms with Gasteiger partial charge in [0.15, 0.2) is 0 Å². The summed E-state index contributed by atoms with van der Waals surface area (Å²) >= 11 is 0.